The van der Waals surface area contributed by atoms with Gasteiger partial charge in [-0.3, -0.25) is 0 Å². The van der Waals surface area contributed by atoms with Crippen LogP contribution in [0.1, 0.15) is 0 Å². The third-order valence-electron chi connectivity index (χ3n) is 1.04. The molecule has 0 amide bonds. The molecule has 1 rings (SSSR count). The van der Waals surface area contributed by atoms with E-state index in [4.69, 9.17) is 10.5 Å². The van der Waals surface area contributed by atoms with E-state index < -0.39 is 0 Å². The number of hydrogen-bond donors (Lipinski definition) is 1. The Labute approximate surface area is 58.8 Å². The summed E-state index contributed by atoms with van der Waals surface area (Å²) in [6.45, 7) is 1.01. The Kier molecular flexibility index (Phi) is 2.22. The largest absolute Gasteiger partial charge is 0.475 e. The van der Waals surface area contributed by atoms with E-state index in [2.05, 4.69) is 10.3 Å². The molecule has 0 aliphatic heterocycles. The van der Waals surface area contributed by atoms with Gasteiger partial charge in [-0.05, 0) is 0 Å². The summed E-state index contributed by atoms with van der Waals surface area (Å²) in [6, 6.07) is 0. The molecule has 1 aromatic rings. The van der Waals surface area contributed by atoms with Crippen LogP contribution in [0.4, 0.5) is 0 Å². The highest BCUT2D eigenvalue weighted by Gasteiger charge is 1.97. The van der Waals surface area contributed by atoms with Gasteiger partial charge in [0.2, 0.25) is 5.88 Å². The van der Waals surface area contributed by atoms with E-state index >= 15 is 0 Å². The van der Waals surface area contributed by atoms with Crippen molar-refractivity contribution in [1.29, 1.82) is 0 Å². The quantitative estimate of drug-likeness (QED) is 0.597. The van der Waals surface area contributed by atoms with Crippen molar-refractivity contribution in [2.75, 3.05) is 13.2 Å². The lowest BCUT2D eigenvalue weighted by molar-refractivity contribution is 0.299. The molecular weight excluding hydrogens is 132 g/mol. The van der Waals surface area contributed by atoms with E-state index in [1.165, 1.54) is 0 Å². The van der Waals surface area contributed by atoms with E-state index in [9.17, 15) is 0 Å². The van der Waals surface area contributed by atoms with Crippen LogP contribution in [0.25, 0.3) is 0 Å². The summed E-state index contributed by atoms with van der Waals surface area (Å²) in [7, 11) is 1.76. The fourth-order valence-electron chi connectivity index (χ4n) is 0.574. The molecule has 0 fully saturated rings. The van der Waals surface area contributed by atoms with Crippen molar-refractivity contribution in [2.24, 2.45) is 12.8 Å². The van der Waals surface area contributed by atoms with Crippen LogP contribution in [-0.4, -0.2) is 28.1 Å². The summed E-state index contributed by atoms with van der Waals surface area (Å²) in [6.07, 6.45) is 1.55. The van der Waals surface area contributed by atoms with Crippen LogP contribution in [0.5, 0.6) is 5.88 Å². The standard InChI is InChI=1S/C5H10N4O/c1-9-5(4-7-8-9)10-3-2-6/h4H,2-3,6H2,1H3. The molecule has 5 heteroatoms. The van der Waals surface area contributed by atoms with Gasteiger partial charge in [-0.1, -0.05) is 5.21 Å². The predicted octanol–water partition coefficient (Wildman–Crippen LogP) is -0.847. The monoisotopic (exact) mass is 142 g/mol. The number of hydrogen-bond acceptors (Lipinski definition) is 4. The maximum Gasteiger partial charge on any atom is 0.232 e. The first-order valence-electron chi connectivity index (χ1n) is 3.02. The fraction of sp³-hybridized carbons (Fsp3) is 0.600. The molecule has 0 spiro atoms. The van der Waals surface area contributed by atoms with Crippen molar-refractivity contribution in [3.8, 4) is 5.88 Å². The highest BCUT2D eigenvalue weighted by Crippen LogP contribution is 2.02. The summed E-state index contributed by atoms with van der Waals surface area (Å²) >= 11 is 0. The fourth-order valence-corrected chi connectivity index (χ4v) is 0.574. The normalized spacial score (nSPS) is 9.80. The molecule has 10 heavy (non-hydrogen) atoms. The lowest BCUT2D eigenvalue weighted by Gasteiger charge is -2.00. The van der Waals surface area contributed by atoms with Gasteiger partial charge in [0.05, 0.1) is 0 Å². The average Bonchev–Trinajstić information content (AvgIpc) is 2.31. The molecule has 0 bridgehead atoms. The Hall–Kier alpha value is -1.10. The van der Waals surface area contributed by atoms with E-state index in [0.29, 0.717) is 19.0 Å². The second kappa shape index (κ2) is 3.17. The SMILES string of the molecule is Cn1nncc1OCCN. The Balaban J connectivity index is 2.49. The molecule has 1 aromatic heterocycles. The molecule has 5 nitrogen and oxygen atoms in total. The van der Waals surface area contributed by atoms with Gasteiger partial charge in [-0.2, -0.15) is 0 Å². The predicted molar refractivity (Wildman–Crippen MR) is 35.6 cm³/mol. The Morgan fingerprint density at radius 1 is 1.80 bits per heavy atom. The van der Waals surface area contributed by atoms with Crippen molar-refractivity contribution < 1.29 is 4.74 Å². The zero-order valence-electron chi connectivity index (χ0n) is 5.82. The molecule has 0 saturated heterocycles. The minimum Gasteiger partial charge on any atom is -0.475 e. The number of aromatic nitrogens is 3. The average molecular weight is 142 g/mol. The van der Waals surface area contributed by atoms with Crippen LogP contribution in [0.3, 0.4) is 0 Å². The number of nitrogens with two attached hydrogens (primary N) is 1. The van der Waals surface area contributed by atoms with Crippen LogP contribution in [0.2, 0.25) is 0 Å². The van der Waals surface area contributed by atoms with Crippen molar-refractivity contribution in [1.82, 2.24) is 15.0 Å². The van der Waals surface area contributed by atoms with Gasteiger partial charge in [0.25, 0.3) is 0 Å². The van der Waals surface area contributed by atoms with Gasteiger partial charge < -0.3 is 10.5 Å². The van der Waals surface area contributed by atoms with Crippen LogP contribution in [0.15, 0.2) is 6.20 Å². The summed E-state index contributed by atoms with van der Waals surface area (Å²) in [5, 5.41) is 7.29. The molecule has 0 aliphatic rings. The summed E-state index contributed by atoms with van der Waals surface area (Å²) < 4.78 is 6.69. The molecule has 0 aromatic carbocycles. The lowest BCUT2D eigenvalue weighted by Crippen LogP contribution is -2.12. The highest BCUT2D eigenvalue weighted by molar-refractivity contribution is 5.00. The Morgan fingerprint density at radius 3 is 3.10 bits per heavy atom. The zero-order chi connectivity index (χ0) is 7.40. The zero-order valence-corrected chi connectivity index (χ0v) is 5.82. The second-order valence-electron chi connectivity index (χ2n) is 1.83. The minimum absolute atomic E-state index is 0.501. The first-order valence-corrected chi connectivity index (χ1v) is 3.02. The van der Waals surface area contributed by atoms with Crippen LogP contribution >= 0.6 is 0 Å². The van der Waals surface area contributed by atoms with Crippen molar-refractivity contribution in [3.63, 3.8) is 0 Å². The molecule has 56 valence electrons. The molecule has 0 radical (unpaired) electrons. The van der Waals surface area contributed by atoms with Crippen LogP contribution in [-0.2, 0) is 7.05 Å². The number of ether oxygens (including phenoxy) is 1. The topological polar surface area (TPSA) is 66.0 Å². The summed E-state index contributed by atoms with van der Waals surface area (Å²) in [4.78, 5) is 0. The van der Waals surface area contributed by atoms with E-state index in [1.54, 1.807) is 17.9 Å². The van der Waals surface area contributed by atoms with Crippen LogP contribution < -0.4 is 10.5 Å². The first kappa shape index (κ1) is 7.01. The van der Waals surface area contributed by atoms with Crippen molar-refractivity contribution in [2.45, 2.75) is 0 Å². The first-order chi connectivity index (χ1) is 4.84. The minimum atomic E-state index is 0.501. The second-order valence-corrected chi connectivity index (χ2v) is 1.83. The molecule has 1 heterocycles. The third-order valence-corrected chi connectivity index (χ3v) is 1.04. The van der Waals surface area contributed by atoms with Gasteiger partial charge in [0.1, 0.15) is 12.8 Å². The van der Waals surface area contributed by atoms with E-state index in [0.717, 1.165) is 0 Å². The van der Waals surface area contributed by atoms with E-state index in [1.807, 2.05) is 0 Å². The van der Waals surface area contributed by atoms with Gasteiger partial charge in [-0.15, -0.1) is 5.10 Å². The number of rotatable bonds is 3. The number of aryl methyl sites for hydroxylation is 1. The maximum atomic E-state index is 5.22. The Bertz CT molecular complexity index is 197. The lowest BCUT2D eigenvalue weighted by atomic mass is 10.7. The van der Waals surface area contributed by atoms with Gasteiger partial charge in [-0.25, -0.2) is 4.68 Å². The molecule has 0 unspecified atom stereocenters. The maximum absolute atomic E-state index is 5.22. The number of nitrogens with zero attached hydrogens (tertiary/aromatic N) is 3. The third kappa shape index (κ3) is 1.44. The smallest absolute Gasteiger partial charge is 0.232 e. The van der Waals surface area contributed by atoms with Gasteiger partial charge in [0, 0.05) is 13.6 Å². The van der Waals surface area contributed by atoms with Crippen LogP contribution in [0, 0.1) is 0 Å². The molecular formula is C5H10N4O. The Morgan fingerprint density at radius 2 is 2.60 bits per heavy atom. The van der Waals surface area contributed by atoms with Gasteiger partial charge >= 0.3 is 0 Å². The molecule has 2 N–H and O–H groups in total. The molecule has 0 saturated carbocycles. The summed E-state index contributed by atoms with van der Waals surface area (Å²) in [5.74, 6) is 0.644. The van der Waals surface area contributed by atoms with Crippen molar-refractivity contribution >= 4 is 0 Å². The summed E-state index contributed by atoms with van der Waals surface area (Å²) in [5.41, 5.74) is 5.22. The van der Waals surface area contributed by atoms with Gasteiger partial charge in [0.15, 0.2) is 0 Å². The molecule has 0 atom stereocenters. The molecule has 0 aliphatic carbocycles. The van der Waals surface area contributed by atoms with Crippen molar-refractivity contribution in [3.05, 3.63) is 6.20 Å². The van der Waals surface area contributed by atoms with E-state index in [-0.39, 0.29) is 0 Å². The highest BCUT2D eigenvalue weighted by atomic mass is 16.5.